The van der Waals surface area contributed by atoms with Crippen LogP contribution in [0.3, 0.4) is 0 Å². The van der Waals surface area contributed by atoms with Gasteiger partial charge in [-0.25, -0.2) is 4.39 Å². The van der Waals surface area contributed by atoms with Crippen molar-refractivity contribution >= 4 is 39.8 Å². The fraction of sp³-hybridized carbons (Fsp3) is 0.214. The molecule has 186 valence electrons. The maximum Gasteiger partial charge on any atom is 0.276 e. The molecule has 1 saturated heterocycles. The van der Waals surface area contributed by atoms with Gasteiger partial charge in [0.1, 0.15) is 5.82 Å². The number of halogens is 1. The van der Waals surface area contributed by atoms with Crippen LogP contribution in [0, 0.1) is 17.1 Å². The number of nitriles is 1. The van der Waals surface area contributed by atoms with E-state index in [1.807, 2.05) is 30.3 Å². The van der Waals surface area contributed by atoms with Crippen molar-refractivity contribution in [3.05, 3.63) is 83.3 Å². The Kier molecular flexibility index (Phi) is 6.56. The summed E-state index contributed by atoms with van der Waals surface area (Å²) in [5, 5.41) is 19.7. The molecule has 2 N–H and O–H groups in total. The van der Waals surface area contributed by atoms with E-state index < -0.39 is 11.7 Å². The normalized spacial score (nSPS) is 13.3. The number of aromatic nitrogens is 2. The van der Waals surface area contributed by atoms with Crippen molar-refractivity contribution in [1.82, 2.24) is 9.78 Å². The zero-order chi connectivity index (χ0) is 25.9. The van der Waals surface area contributed by atoms with Gasteiger partial charge < -0.3 is 15.5 Å². The molecule has 0 spiro atoms. The molecule has 8 nitrogen and oxygen atoms in total. The minimum absolute atomic E-state index is 0.0882. The number of carbonyl (C=O) groups is 2. The largest absolute Gasteiger partial charge is 0.370 e. The number of amides is 2. The second-order valence-corrected chi connectivity index (χ2v) is 8.98. The molecular weight excluding hydrogens is 471 g/mol. The molecule has 0 bridgehead atoms. The lowest BCUT2D eigenvalue weighted by molar-refractivity contribution is 0.101. The van der Waals surface area contributed by atoms with Crippen LogP contribution in [-0.2, 0) is 7.05 Å². The summed E-state index contributed by atoms with van der Waals surface area (Å²) in [6, 6.07) is 18.2. The Balaban J connectivity index is 1.48. The first-order valence-electron chi connectivity index (χ1n) is 12.1. The summed E-state index contributed by atoms with van der Waals surface area (Å²) >= 11 is 0. The maximum absolute atomic E-state index is 14.3. The van der Waals surface area contributed by atoms with E-state index >= 15 is 0 Å². The lowest BCUT2D eigenvalue weighted by Crippen LogP contribution is -2.30. The molecule has 2 amide bonds. The summed E-state index contributed by atoms with van der Waals surface area (Å²) < 4.78 is 15.9. The quantitative estimate of drug-likeness (QED) is 0.401. The first-order valence-corrected chi connectivity index (χ1v) is 12.1. The van der Waals surface area contributed by atoms with Crippen LogP contribution in [0.1, 0.15) is 45.7 Å². The van der Waals surface area contributed by atoms with Gasteiger partial charge in [0, 0.05) is 31.1 Å². The zero-order valence-electron chi connectivity index (χ0n) is 20.3. The van der Waals surface area contributed by atoms with Gasteiger partial charge in [-0.15, -0.1) is 0 Å². The van der Waals surface area contributed by atoms with E-state index in [4.69, 9.17) is 5.26 Å². The molecule has 3 aromatic carbocycles. The summed E-state index contributed by atoms with van der Waals surface area (Å²) in [6.07, 6.45) is 3.22. The van der Waals surface area contributed by atoms with Crippen LogP contribution in [0.2, 0.25) is 0 Å². The Morgan fingerprint density at radius 2 is 1.70 bits per heavy atom. The van der Waals surface area contributed by atoms with Gasteiger partial charge in [0.15, 0.2) is 5.69 Å². The van der Waals surface area contributed by atoms with Gasteiger partial charge in [-0.3, -0.25) is 14.3 Å². The number of rotatable bonds is 5. The predicted octanol–water partition coefficient (Wildman–Crippen LogP) is 5.08. The van der Waals surface area contributed by atoms with Gasteiger partial charge >= 0.3 is 0 Å². The van der Waals surface area contributed by atoms with Gasteiger partial charge in [-0.05, 0) is 61.7 Å². The third-order valence-electron chi connectivity index (χ3n) is 6.52. The van der Waals surface area contributed by atoms with Crippen molar-refractivity contribution in [2.24, 2.45) is 7.05 Å². The number of para-hydroxylation sites is 1. The average Bonchev–Trinajstić information content (AvgIpc) is 3.27. The second-order valence-electron chi connectivity index (χ2n) is 8.98. The lowest BCUT2D eigenvalue weighted by Gasteiger charge is -2.30. The number of anilines is 3. The minimum atomic E-state index is -0.646. The summed E-state index contributed by atoms with van der Waals surface area (Å²) in [5.74, 6) is -1.59. The molecule has 2 heterocycles. The first kappa shape index (κ1) is 24.0. The van der Waals surface area contributed by atoms with Crippen LogP contribution >= 0.6 is 0 Å². The highest BCUT2D eigenvalue weighted by Crippen LogP contribution is 2.31. The van der Waals surface area contributed by atoms with E-state index in [0.29, 0.717) is 5.69 Å². The Morgan fingerprint density at radius 3 is 2.49 bits per heavy atom. The lowest BCUT2D eigenvalue weighted by atomic mass is 10.1. The molecule has 37 heavy (non-hydrogen) atoms. The molecule has 9 heteroatoms. The van der Waals surface area contributed by atoms with Crippen molar-refractivity contribution < 1.29 is 14.0 Å². The van der Waals surface area contributed by atoms with Gasteiger partial charge in [0.25, 0.3) is 11.8 Å². The van der Waals surface area contributed by atoms with Crippen LogP contribution in [0.5, 0.6) is 0 Å². The van der Waals surface area contributed by atoms with Crippen LogP contribution in [0.15, 0.2) is 60.7 Å². The summed E-state index contributed by atoms with van der Waals surface area (Å²) in [5.41, 5.74) is 2.78. The molecule has 0 saturated carbocycles. The van der Waals surface area contributed by atoms with Gasteiger partial charge in [0.2, 0.25) is 0 Å². The van der Waals surface area contributed by atoms with Gasteiger partial charge in [-0.2, -0.15) is 10.4 Å². The highest BCUT2D eigenvalue weighted by atomic mass is 19.1. The molecular formula is C28H25FN6O2. The SMILES string of the molecule is Cn1nc(C(=O)Nc2cc(C(=O)Nc3cc(C#N)ccc3F)ccc2N2CCCCC2)c2ccccc21. The van der Waals surface area contributed by atoms with Crippen molar-refractivity contribution in [2.45, 2.75) is 19.3 Å². The second kappa shape index (κ2) is 10.1. The predicted molar refractivity (Wildman–Crippen MR) is 140 cm³/mol. The zero-order valence-corrected chi connectivity index (χ0v) is 20.3. The highest BCUT2D eigenvalue weighted by molar-refractivity contribution is 6.13. The fourth-order valence-corrected chi connectivity index (χ4v) is 4.64. The molecule has 1 aliphatic rings. The Morgan fingerprint density at radius 1 is 0.946 bits per heavy atom. The molecule has 0 aliphatic carbocycles. The first-order chi connectivity index (χ1) is 17.9. The van der Waals surface area contributed by atoms with E-state index in [1.165, 1.54) is 12.1 Å². The summed E-state index contributed by atoms with van der Waals surface area (Å²) in [7, 11) is 1.78. The number of carbonyl (C=O) groups excluding carboxylic acids is 2. The van der Waals surface area contributed by atoms with Crippen LogP contribution in [0.4, 0.5) is 21.5 Å². The van der Waals surface area contributed by atoms with Crippen LogP contribution in [0.25, 0.3) is 10.9 Å². The van der Waals surface area contributed by atoms with E-state index in [9.17, 15) is 14.0 Å². The number of aryl methyl sites for hydroxylation is 1. The van der Waals surface area contributed by atoms with Crippen molar-refractivity contribution in [1.29, 1.82) is 5.26 Å². The van der Waals surface area contributed by atoms with Crippen molar-refractivity contribution in [3.63, 3.8) is 0 Å². The molecule has 4 aromatic rings. The molecule has 5 rings (SSSR count). The van der Waals surface area contributed by atoms with Crippen molar-refractivity contribution in [2.75, 3.05) is 28.6 Å². The van der Waals surface area contributed by atoms with Crippen molar-refractivity contribution in [3.8, 4) is 6.07 Å². The summed E-state index contributed by atoms with van der Waals surface area (Å²) in [4.78, 5) is 28.6. The van der Waals surface area contributed by atoms with E-state index in [-0.39, 0.29) is 28.4 Å². The number of hydrogen-bond acceptors (Lipinski definition) is 5. The van der Waals surface area contributed by atoms with Crippen LogP contribution in [-0.4, -0.2) is 34.7 Å². The molecule has 1 fully saturated rings. The number of hydrogen-bond donors (Lipinski definition) is 2. The molecule has 0 atom stereocenters. The monoisotopic (exact) mass is 496 g/mol. The molecule has 1 aromatic heterocycles. The molecule has 0 unspecified atom stereocenters. The average molecular weight is 497 g/mol. The maximum atomic E-state index is 14.3. The number of nitrogens with zero attached hydrogens (tertiary/aromatic N) is 4. The highest BCUT2D eigenvalue weighted by Gasteiger charge is 2.22. The van der Waals surface area contributed by atoms with E-state index in [2.05, 4.69) is 20.6 Å². The van der Waals surface area contributed by atoms with Crippen LogP contribution < -0.4 is 15.5 Å². The third kappa shape index (κ3) is 4.86. The number of nitrogens with one attached hydrogen (secondary N) is 2. The Bertz CT molecular complexity index is 1550. The standard InChI is InChI=1S/C28H25FN6O2/c1-34-24-8-4-3-7-20(24)26(33-34)28(37)32-23-16-19(10-12-25(23)35-13-5-2-6-14-35)27(36)31-22-15-18(17-30)9-11-21(22)29/h3-4,7-12,15-16H,2,5-6,13-14H2,1H3,(H,31,36)(H,32,37). The number of fused-ring (bicyclic) bond motifs is 1. The number of piperidine rings is 1. The van der Waals surface area contributed by atoms with Gasteiger partial charge in [-0.1, -0.05) is 18.2 Å². The topological polar surface area (TPSA) is 103 Å². The molecule has 0 radical (unpaired) electrons. The van der Waals surface area contributed by atoms with E-state index in [0.717, 1.165) is 55.0 Å². The fourth-order valence-electron chi connectivity index (χ4n) is 4.64. The van der Waals surface area contributed by atoms with E-state index in [1.54, 1.807) is 29.9 Å². The Labute approximate surface area is 213 Å². The third-order valence-corrected chi connectivity index (χ3v) is 6.52. The minimum Gasteiger partial charge on any atom is -0.370 e. The smallest absolute Gasteiger partial charge is 0.276 e. The molecule has 1 aliphatic heterocycles. The Hall–Kier alpha value is -4.71. The van der Waals surface area contributed by atoms with Gasteiger partial charge in [0.05, 0.1) is 34.2 Å². The summed E-state index contributed by atoms with van der Waals surface area (Å²) in [6.45, 7) is 1.68. The number of benzene rings is 3.